The number of benzene rings is 3. The molecule has 0 N–H and O–H groups in total. The Bertz CT molecular complexity index is 965. The average Bonchev–Trinajstić information content (AvgIpc) is 2.73. The van der Waals surface area contributed by atoms with Crippen LogP contribution in [-0.2, 0) is 0 Å². The Morgan fingerprint density at radius 3 is 2.59 bits per heavy atom. The Hall–Kier alpha value is -3.20. The minimum atomic E-state index is -0.0544. The molecule has 0 saturated heterocycles. The summed E-state index contributed by atoms with van der Waals surface area (Å²) in [6, 6.07) is 22.8. The zero-order valence-corrected chi connectivity index (χ0v) is 15.7. The first-order valence-corrected chi connectivity index (χ1v) is 9.10. The van der Waals surface area contributed by atoms with Gasteiger partial charge in [0, 0.05) is 30.4 Å². The quantitative estimate of drug-likeness (QED) is 0.512. The van der Waals surface area contributed by atoms with Crippen LogP contribution in [-0.4, -0.2) is 14.2 Å². The molecule has 0 amide bonds. The molecule has 1 aliphatic rings. The fourth-order valence-electron chi connectivity index (χ4n) is 3.64. The third kappa shape index (κ3) is 3.06. The third-order valence-electron chi connectivity index (χ3n) is 5.04. The molecule has 3 aromatic carbocycles. The SMILES string of the molecule is C=CCC1Oc2cccc(OC)c2-c2ccc(N(C)c3ccccc3)cc21. The summed E-state index contributed by atoms with van der Waals surface area (Å²) in [5.74, 6) is 1.69. The van der Waals surface area contributed by atoms with Crippen LogP contribution in [0.25, 0.3) is 11.1 Å². The van der Waals surface area contributed by atoms with Crippen LogP contribution in [0.3, 0.4) is 0 Å². The van der Waals surface area contributed by atoms with Gasteiger partial charge in [-0.3, -0.25) is 0 Å². The Kier molecular flexibility index (Phi) is 4.59. The van der Waals surface area contributed by atoms with Crippen molar-refractivity contribution in [2.45, 2.75) is 12.5 Å². The highest BCUT2D eigenvalue weighted by Gasteiger charge is 2.28. The number of anilines is 2. The number of ether oxygens (including phenoxy) is 2. The number of methoxy groups -OCH3 is 1. The van der Waals surface area contributed by atoms with Crippen molar-refractivity contribution in [2.75, 3.05) is 19.1 Å². The maximum atomic E-state index is 6.31. The Labute approximate surface area is 160 Å². The van der Waals surface area contributed by atoms with Crippen LogP contribution in [0.4, 0.5) is 11.4 Å². The highest BCUT2D eigenvalue weighted by atomic mass is 16.5. The maximum absolute atomic E-state index is 6.31. The van der Waals surface area contributed by atoms with Gasteiger partial charge in [-0.1, -0.05) is 36.4 Å². The van der Waals surface area contributed by atoms with Crippen molar-refractivity contribution in [3.63, 3.8) is 0 Å². The highest BCUT2D eigenvalue weighted by molar-refractivity contribution is 5.83. The number of rotatable bonds is 5. The molecular formula is C24H23NO2. The van der Waals surface area contributed by atoms with Crippen LogP contribution >= 0.6 is 0 Å². The molecule has 1 atom stereocenters. The van der Waals surface area contributed by atoms with Gasteiger partial charge in [0.05, 0.1) is 12.7 Å². The predicted molar refractivity (Wildman–Crippen MR) is 111 cm³/mol. The lowest BCUT2D eigenvalue weighted by atomic mass is 9.90. The number of nitrogens with zero attached hydrogens (tertiary/aromatic N) is 1. The fraction of sp³-hybridized carbons (Fsp3) is 0.167. The monoisotopic (exact) mass is 357 g/mol. The van der Waals surface area contributed by atoms with Gasteiger partial charge in [0.1, 0.15) is 17.6 Å². The molecule has 0 fully saturated rings. The third-order valence-corrected chi connectivity index (χ3v) is 5.04. The van der Waals surface area contributed by atoms with Gasteiger partial charge in [-0.2, -0.15) is 0 Å². The summed E-state index contributed by atoms with van der Waals surface area (Å²) in [6.07, 6.45) is 2.61. The average molecular weight is 357 g/mol. The van der Waals surface area contributed by atoms with Gasteiger partial charge in [0.25, 0.3) is 0 Å². The summed E-state index contributed by atoms with van der Waals surface area (Å²) in [5.41, 5.74) is 5.60. The number of fused-ring (bicyclic) bond motifs is 3. The molecular weight excluding hydrogens is 334 g/mol. The van der Waals surface area contributed by atoms with Crippen LogP contribution in [0.1, 0.15) is 18.1 Å². The number of hydrogen-bond acceptors (Lipinski definition) is 3. The maximum Gasteiger partial charge on any atom is 0.131 e. The van der Waals surface area contributed by atoms with Crippen LogP contribution < -0.4 is 14.4 Å². The molecule has 3 heteroatoms. The Morgan fingerprint density at radius 2 is 1.85 bits per heavy atom. The largest absolute Gasteiger partial charge is 0.496 e. The van der Waals surface area contributed by atoms with Crippen LogP contribution in [0.15, 0.2) is 79.4 Å². The van der Waals surface area contributed by atoms with Gasteiger partial charge < -0.3 is 14.4 Å². The van der Waals surface area contributed by atoms with Gasteiger partial charge in [0.2, 0.25) is 0 Å². The molecule has 1 heterocycles. The predicted octanol–water partition coefficient (Wildman–Crippen LogP) is 6.14. The molecule has 0 radical (unpaired) electrons. The van der Waals surface area contributed by atoms with E-state index >= 15 is 0 Å². The van der Waals surface area contributed by atoms with E-state index in [2.05, 4.69) is 61.0 Å². The van der Waals surface area contributed by atoms with Crippen molar-refractivity contribution in [3.05, 3.63) is 84.9 Å². The first-order valence-electron chi connectivity index (χ1n) is 9.10. The summed E-state index contributed by atoms with van der Waals surface area (Å²) in [4.78, 5) is 2.18. The minimum Gasteiger partial charge on any atom is -0.496 e. The minimum absolute atomic E-state index is 0.0544. The summed E-state index contributed by atoms with van der Waals surface area (Å²) >= 11 is 0. The summed E-state index contributed by atoms with van der Waals surface area (Å²) in [7, 11) is 3.78. The smallest absolute Gasteiger partial charge is 0.131 e. The zero-order chi connectivity index (χ0) is 18.8. The Balaban J connectivity index is 1.84. The van der Waals surface area contributed by atoms with E-state index in [0.29, 0.717) is 0 Å². The van der Waals surface area contributed by atoms with Gasteiger partial charge in [-0.15, -0.1) is 6.58 Å². The molecule has 4 rings (SSSR count). The van der Waals surface area contributed by atoms with E-state index in [1.807, 2.05) is 30.3 Å². The van der Waals surface area contributed by atoms with Crippen LogP contribution in [0, 0.1) is 0 Å². The molecule has 136 valence electrons. The lowest BCUT2D eigenvalue weighted by molar-refractivity contribution is 0.205. The molecule has 0 aliphatic carbocycles. The fourth-order valence-corrected chi connectivity index (χ4v) is 3.64. The summed E-state index contributed by atoms with van der Waals surface area (Å²) < 4.78 is 11.9. The molecule has 3 aromatic rings. The van der Waals surface area contributed by atoms with Crippen LogP contribution in [0.2, 0.25) is 0 Å². The van der Waals surface area contributed by atoms with Crippen LogP contribution in [0.5, 0.6) is 11.5 Å². The molecule has 1 aliphatic heterocycles. The van der Waals surface area contributed by atoms with Crippen molar-refractivity contribution < 1.29 is 9.47 Å². The highest BCUT2D eigenvalue weighted by Crippen LogP contribution is 2.49. The van der Waals surface area contributed by atoms with E-state index in [0.717, 1.165) is 46.0 Å². The first-order chi connectivity index (χ1) is 13.2. The van der Waals surface area contributed by atoms with Crippen molar-refractivity contribution in [3.8, 4) is 22.6 Å². The van der Waals surface area contributed by atoms with Gasteiger partial charge >= 0.3 is 0 Å². The van der Waals surface area contributed by atoms with Crippen molar-refractivity contribution in [1.29, 1.82) is 0 Å². The standard InChI is InChI=1S/C24H23NO2/c1-4-9-21-20-16-18(25(2)17-10-6-5-7-11-17)14-15-19(20)24-22(26-3)12-8-13-23(24)27-21/h4-8,10-16,21H,1,9H2,2-3H3. The molecule has 0 aromatic heterocycles. The van der Waals surface area contributed by atoms with E-state index in [1.54, 1.807) is 7.11 Å². The molecule has 0 spiro atoms. The molecule has 0 saturated carbocycles. The van der Waals surface area contributed by atoms with Gasteiger partial charge in [-0.05, 0) is 42.0 Å². The van der Waals surface area contributed by atoms with E-state index in [4.69, 9.17) is 9.47 Å². The van der Waals surface area contributed by atoms with Crippen molar-refractivity contribution in [2.24, 2.45) is 0 Å². The second-order valence-electron chi connectivity index (χ2n) is 6.63. The lowest BCUT2D eigenvalue weighted by Gasteiger charge is -2.31. The van der Waals surface area contributed by atoms with E-state index < -0.39 is 0 Å². The first kappa shape index (κ1) is 17.2. The van der Waals surface area contributed by atoms with Gasteiger partial charge in [0.15, 0.2) is 0 Å². The second kappa shape index (κ2) is 7.20. The van der Waals surface area contributed by atoms with E-state index in [-0.39, 0.29) is 6.10 Å². The normalized spacial score (nSPS) is 14.5. The Morgan fingerprint density at radius 1 is 1.04 bits per heavy atom. The molecule has 0 bridgehead atoms. The summed E-state index contributed by atoms with van der Waals surface area (Å²) in [6.45, 7) is 3.91. The molecule has 27 heavy (non-hydrogen) atoms. The topological polar surface area (TPSA) is 21.7 Å². The van der Waals surface area contributed by atoms with Crippen molar-refractivity contribution >= 4 is 11.4 Å². The molecule has 1 unspecified atom stereocenters. The zero-order valence-electron chi connectivity index (χ0n) is 15.7. The second-order valence-corrected chi connectivity index (χ2v) is 6.63. The van der Waals surface area contributed by atoms with E-state index in [9.17, 15) is 0 Å². The number of hydrogen-bond donors (Lipinski definition) is 0. The molecule has 3 nitrogen and oxygen atoms in total. The van der Waals surface area contributed by atoms with Gasteiger partial charge in [-0.25, -0.2) is 0 Å². The van der Waals surface area contributed by atoms with Crippen molar-refractivity contribution in [1.82, 2.24) is 0 Å². The van der Waals surface area contributed by atoms with E-state index in [1.165, 1.54) is 0 Å². The number of para-hydroxylation sites is 1. The summed E-state index contributed by atoms with van der Waals surface area (Å²) in [5, 5.41) is 0. The lowest BCUT2D eigenvalue weighted by Crippen LogP contribution is -2.16.